The standard InChI is InChI=1S/C14H25ClN2S/c1-6-16-13(11-9-10-12(15)18-11)14(4,5)17(7-2)8-3/h9-10,13,16H,6-8H2,1-5H3. The fraction of sp³-hybridized carbons (Fsp3) is 0.714. The van der Waals surface area contributed by atoms with E-state index in [-0.39, 0.29) is 5.54 Å². The van der Waals surface area contributed by atoms with E-state index in [1.54, 1.807) is 11.3 Å². The number of halogens is 1. The van der Waals surface area contributed by atoms with Crippen LogP contribution in [-0.4, -0.2) is 30.1 Å². The van der Waals surface area contributed by atoms with E-state index in [4.69, 9.17) is 11.6 Å². The van der Waals surface area contributed by atoms with Crippen LogP contribution in [0.5, 0.6) is 0 Å². The van der Waals surface area contributed by atoms with E-state index in [0.717, 1.165) is 24.0 Å². The predicted octanol–water partition coefficient (Wildman–Crippen LogP) is 4.17. The first-order valence-electron chi connectivity index (χ1n) is 6.70. The van der Waals surface area contributed by atoms with Crippen molar-refractivity contribution in [2.24, 2.45) is 0 Å². The van der Waals surface area contributed by atoms with E-state index in [1.165, 1.54) is 4.88 Å². The van der Waals surface area contributed by atoms with Gasteiger partial charge in [0.1, 0.15) is 0 Å². The number of nitrogens with one attached hydrogen (secondary N) is 1. The van der Waals surface area contributed by atoms with Crippen LogP contribution in [0.15, 0.2) is 12.1 Å². The van der Waals surface area contributed by atoms with Crippen molar-refractivity contribution in [3.05, 3.63) is 21.3 Å². The lowest BCUT2D eigenvalue weighted by Crippen LogP contribution is -2.52. The summed E-state index contributed by atoms with van der Waals surface area (Å²) in [5.41, 5.74) is 0.0771. The minimum Gasteiger partial charge on any atom is -0.308 e. The lowest BCUT2D eigenvalue weighted by atomic mass is 9.90. The summed E-state index contributed by atoms with van der Waals surface area (Å²) in [6, 6.07) is 4.45. The zero-order valence-electron chi connectivity index (χ0n) is 12.1. The second-order valence-corrected chi connectivity index (χ2v) is 6.71. The SMILES string of the molecule is CCNC(c1ccc(Cl)s1)C(C)(C)N(CC)CC. The van der Waals surface area contributed by atoms with E-state index in [2.05, 4.69) is 50.9 Å². The number of hydrogen-bond donors (Lipinski definition) is 1. The third-order valence-electron chi connectivity index (χ3n) is 3.57. The summed E-state index contributed by atoms with van der Waals surface area (Å²) >= 11 is 7.76. The highest BCUT2D eigenvalue weighted by molar-refractivity contribution is 7.16. The van der Waals surface area contributed by atoms with Crippen molar-refractivity contribution in [1.29, 1.82) is 0 Å². The Bertz CT molecular complexity index is 358. The largest absolute Gasteiger partial charge is 0.308 e. The summed E-state index contributed by atoms with van der Waals surface area (Å²) in [5.74, 6) is 0. The zero-order valence-corrected chi connectivity index (χ0v) is 13.7. The predicted molar refractivity (Wildman–Crippen MR) is 82.7 cm³/mol. The Hall–Kier alpha value is -0.0900. The maximum Gasteiger partial charge on any atom is 0.0931 e. The van der Waals surface area contributed by atoms with E-state index in [9.17, 15) is 0 Å². The van der Waals surface area contributed by atoms with Crippen LogP contribution < -0.4 is 5.32 Å². The molecule has 1 unspecified atom stereocenters. The molecular formula is C14H25ClN2S. The van der Waals surface area contributed by atoms with Gasteiger partial charge in [-0.2, -0.15) is 0 Å². The van der Waals surface area contributed by atoms with Crippen LogP contribution >= 0.6 is 22.9 Å². The Morgan fingerprint density at radius 1 is 1.28 bits per heavy atom. The highest BCUT2D eigenvalue weighted by Gasteiger charge is 2.35. The van der Waals surface area contributed by atoms with Gasteiger partial charge in [0, 0.05) is 10.4 Å². The van der Waals surface area contributed by atoms with Gasteiger partial charge < -0.3 is 5.32 Å². The topological polar surface area (TPSA) is 15.3 Å². The van der Waals surface area contributed by atoms with Crippen molar-refractivity contribution in [3.63, 3.8) is 0 Å². The summed E-state index contributed by atoms with van der Waals surface area (Å²) in [4.78, 5) is 3.81. The van der Waals surface area contributed by atoms with Crippen LogP contribution in [0, 0.1) is 0 Å². The number of thiophene rings is 1. The molecule has 0 spiro atoms. The molecule has 18 heavy (non-hydrogen) atoms. The molecule has 0 aliphatic heterocycles. The van der Waals surface area contributed by atoms with Gasteiger partial charge in [-0.25, -0.2) is 0 Å². The van der Waals surface area contributed by atoms with Gasteiger partial charge in [-0.3, -0.25) is 4.90 Å². The third kappa shape index (κ3) is 3.47. The van der Waals surface area contributed by atoms with Gasteiger partial charge in [0.05, 0.1) is 10.4 Å². The molecule has 0 aliphatic carbocycles. The molecule has 0 amide bonds. The molecule has 1 aromatic rings. The highest BCUT2D eigenvalue weighted by Crippen LogP contribution is 2.36. The highest BCUT2D eigenvalue weighted by atomic mass is 35.5. The Morgan fingerprint density at radius 2 is 1.89 bits per heavy atom. The van der Waals surface area contributed by atoms with Crippen molar-refractivity contribution < 1.29 is 0 Å². The molecule has 0 saturated heterocycles. The van der Waals surface area contributed by atoms with Crippen LogP contribution in [0.4, 0.5) is 0 Å². The molecule has 0 radical (unpaired) electrons. The Kier molecular flexibility index (Phi) is 6.12. The van der Waals surface area contributed by atoms with Gasteiger partial charge in [0.15, 0.2) is 0 Å². The fourth-order valence-electron chi connectivity index (χ4n) is 2.61. The molecule has 1 N–H and O–H groups in total. The lowest BCUT2D eigenvalue weighted by Gasteiger charge is -2.43. The molecule has 0 bridgehead atoms. The van der Waals surface area contributed by atoms with Crippen LogP contribution in [0.1, 0.15) is 45.5 Å². The summed E-state index contributed by atoms with van der Waals surface area (Å²) in [6.45, 7) is 14.3. The molecular weight excluding hydrogens is 264 g/mol. The zero-order chi connectivity index (χ0) is 13.8. The monoisotopic (exact) mass is 288 g/mol. The molecule has 0 aliphatic rings. The van der Waals surface area contributed by atoms with Crippen molar-refractivity contribution in [1.82, 2.24) is 10.2 Å². The van der Waals surface area contributed by atoms with Crippen LogP contribution in [-0.2, 0) is 0 Å². The first-order valence-corrected chi connectivity index (χ1v) is 7.90. The van der Waals surface area contributed by atoms with Crippen molar-refractivity contribution in [2.75, 3.05) is 19.6 Å². The fourth-order valence-corrected chi connectivity index (χ4v) is 3.92. The van der Waals surface area contributed by atoms with Gasteiger partial charge in [-0.1, -0.05) is 32.4 Å². The molecule has 2 nitrogen and oxygen atoms in total. The first-order chi connectivity index (χ1) is 8.47. The number of likely N-dealkylation sites (N-methyl/N-ethyl adjacent to an activating group) is 2. The van der Waals surface area contributed by atoms with Crippen LogP contribution in [0.25, 0.3) is 0 Å². The van der Waals surface area contributed by atoms with Gasteiger partial charge in [0.25, 0.3) is 0 Å². The van der Waals surface area contributed by atoms with Crippen molar-refractivity contribution >= 4 is 22.9 Å². The molecule has 1 aromatic heterocycles. The third-order valence-corrected chi connectivity index (χ3v) is 4.87. The first kappa shape index (κ1) is 16.0. The Balaban J connectivity index is 3.03. The summed E-state index contributed by atoms with van der Waals surface area (Å²) in [7, 11) is 0. The average molecular weight is 289 g/mol. The lowest BCUT2D eigenvalue weighted by molar-refractivity contribution is 0.0932. The molecule has 0 fully saturated rings. The average Bonchev–Trinajstić information content (AvgIpc) is 2.73. The van der Waals surface area contributed by atoms with Crippen LogP contribution in [0.3, 0.4) is 0 Å². The van der Waals surface area contributed by atoms with Gasteiger partial charge in [0.2, 0.25) is 0 Å². The van der Waals surface area contributed by atoms with Crippen molar-refractivity contribution in [2.45, 2.75) is 46.2 Å². The second-order valence-electron chi connectivity index (χ2n) is 4.96. The number of hydrogen-bond acceptors (Lipinski definition) is 3. The molecule has 0 saturated carbocycles. The maximum atomic E-state index is 6.08. The quantitative estimate of drug-likeness (QED) is 0.810. The summed E-state index contributed by atoms with van der Waals surface area (Å²) < 4.78 is 0.864. The smallest absolute Gasteiger partial charge is 0.0931 e. The minimum atomic E-state index is 0.0771. The van der Waals surface area contributed by atoms with Gasteiger partial charge in [-0.05, 0) is 45.6 Å². The molecule has 4 heteroatoms. The van der Waals surface area contributed by atoms with E-state index < -0.39 is 0 Å². The number of rotatable bonds is 7. The van der Waals surface area contributed by atoms with Crippen LogP contribution in [0.2, 0.25) is 4.34 Å². The Morgan fingerprint density at radius 3 is 2.28 bits per heavy atom. The maximum absolute atomic E-state index is 6.08. The van der Waals surface area contributed by atoms with E-state index in [1.807, 2.05) is 6.07 Å². The van der Waals surface area contributed by atoms with Gasteiger partial charge in [-0.15, -0.1) is 11.3 Å². The van der Waals surface area contributed by atoms with Gasteiger partial charge >= 0.3 is 0 Å². The summed E-state index contributed by atoms with van der Waals surface area (Å²) in [6.07, 6.45) is 0. The molecule has 1 heterocycles. The van der Waals surface area contributed by atoms with E-state index >= 15 is 0 Å². The normalized spacial score (nSPS) is 14.2. The van der Waals surface area contributed by atoms with Crippen molar-refractivity contribution in [3.8, 4) is 0 Å². The summed E-state index contributed by atoms with van der Waals surface area (Å²) in [5, 5.41) is 3.61. The minimum absolute atomic E-state index is 0.0771. The molecule has 1 atom stereocenters. The molecule has 104 valence electrons. The molecule has 0 aromatic carbocycles. The number of nitrogens with zero attached hydrogens (tertiary/aromatic N) is 1. The Labute approximate surface area is 120 Å². The second kappa shape index (κ2) is 6.90. The molecule has 1 rings (SSSR count). The van der Waals surface area contributed by atoms with E-state index in [0.29, 0.717) is 6.04 Å².